The summed E-state index contributed by atoms with van der Waals surface area (Å²) in [5.41, 5.74) is 3.01. The van der Waals surface area contributed by atoms with Gasteiger partial charge in [0, 0.05) is 7.11 Å². The van der Waals surface area contributed by atoms with Crippen LogP contribution in [-0.2, 0) is 16.1 Å². The molecule has 6 nitrogen and oxygen atoms in total. The Morgan fingerprint density at radius 3 is 2.48 bits per heavy atom. The Kier molecular flexibility index (Phi) is 6.95. The van der Waals surface area contributed by atoms with Gasteiger partial charge in [0.15, 0.2) is 11.5 Å². The molecule has 0 aliphatic carbocycles. The highest BCUT2D eigenvalue weighted by Gasteiger charge is 2.34. The minimum absolute atomic E-state index is 0.244. The molecule has 2 amide bonds. The van der Waals surface area contributed by atoms with Crippen LogP contribution in [0.2, 0.25) is 0 Å². The third-order valence-corrected chi connectivity index (χ3v) is 5.30. The van der Waals surface area contributed by atoms with Crippen molar-refractivity contribution in [3.05, 3.63) is 64.1 Å². The van der Waals surface area contributed by atoms with Crippen LogP contribution in [0.3, 0.4) is 0 Å². The quantitative estimate of drug-likeness (QED) is 0.603. The van der Waals surface area contributed by atoms with Crippen LogP contribution in [0, 0.1) is 6.92 Å². The Morgan fingerprint density at radius 2 is 1.79 bits per heavy atom. The maximum atomic E-state index is 12.4. The van der Waals surface area contributed by atoms with E-state index in [0.29, 0.717) is 29.6 Å². The van der Waals surface area contributed by atoms with Gasteiger partial charge in [-0.2, -0.15) is 0 Å². The van der Waals surface area contributed by atoms with Crippen LogP contribution in [0.1, 0.15) is 16.7 Å². The van der Waals surface area contributed by atoms with Crippen molar-refractivity contribution < 1.29 is 23.8 Å². The lowest BCUT2D eigenvalue weighted by Gasteiger charge is -2.12. The Labute approximate surface area is 174 Å². The molecule has 1 aliphatic heterocycles. The van der Waals surface area contributed by atoms with Gasteiger partial charge in [0.1, 0.15) is 6.61 Å². The molecule has 0 N–H and O–H groups in total. The van der Waals surface area contributed by atoms with Gasteiger partial charge in [-0.25, -0.2) is 0 Å². The number of benzene rings is 2. The number of amides is 2. The molecular weight excluding hydrogens is 390 g/mol. The topological polar surface area (TPSA) is 65.1 Å². The SMILES string of the molecule is COCCN1C(=O)S/C(=C/c2ccc(OCc3ccc(C)cc3)c(OC)c2)C1=O. The minimum Gasteiger partial charge on any atom is -0.493 e. The van der Waals surface area contributed by atoms with Crippen molar-refractivity contribution in [3.63, 3.8) is 0 Å². The number of ether oxygens (including phenoxy) is 3. The normalized spacial score (nSPS) is 15.3. The first kappa shape index (κ1) is 21.0. The highest BCUT2D eigenvalue weighted by molar-refractivity contribution is 8.18. The third-order valence-electron chi connectivity index (χ3n) is 4.39. The fourth-order valence-corrected chi connectivity index (χ4v) is 3.63. The van der Waals surface area contributed by atoms with Crippen molar-refractivity contribution in [2.45, 2.75) is 13.5 Å². The van der Waals surface area contributed by atoms with Gasteiger partial charge < -0.3 is 14.2 Å². The van der Waals surface area contributed by atoms with Crippen molar-refractivity contribution >= 4 is 29.0 Å². The minimum atomic E-state index is -0.310. The van der Waals surface area contributed by atoms with E-state index in [0.717, 1.165) is 22.9 Å². The molecule has 2 aromatic rings. The highest BCUT2D eigenvalue weighted by Crippen LogP contribution is 2.34. The predicted octanol–water partition coefficient (Wildman–Crippen LogP) is 4.27. The fourth-order valence-electron chi connectivity index (χ4n) is 2.77. The molecule has 0 atom stereocenters. The van der Waals surface area contributed by atoms with Crippen molar-refractivity contribution in [2.24, 2.45) is 0 Å². The molecule has 1 fully saturated rings. The summed E-state index contributed by atoms with van der Waals surface area (Å²) in [6, 6.07) is 13.5. The number of thioether (sulfide) groups is 1. The number of hydrogen-bond acceptors (Lipinski definition) is 6. The molecule has 1 heterocycles. The molecule has 0 saturated carbocycles. The number of imide groups is 1. The Morgan fingerprint density at radius 1 is 1.03 bits per heavy atom. The van der Waals surface area contributed by atoms with E-state index in [9.17, 15) is 9.59 Å². The fraction of sp³-hybridized carbons (Fsp3) is 0.273. The number of nitrogens with zero attached hydrogens (tertiary/aromatic N) is 1. The van der Waals surface area contributed by atoms with Gasteiger partial charge >= 0.3 is 0 Å². The van der Waals surface area contributed by atoms with Gasteiger partial charge in [-0.3, -0.25) is 14.5 Å². The summed E-state index contributed by atoms with van der Waals surface area (Å²) in [4.78, 5) is 26.0. The van der Waals surface area contributed by atoms with Crippen molar-refractivity contribution in [1.29, 1.82) is 0 Å². The van der Waals surface area contributed by atoms with Crippen molar-refractivity contribution in [1.82, 2.24) is 4.90 Å². The summed E-state index contributed by atoms with van der Waals surface area (Å²) in [6.45, 7) is 3.02. The average molecular weight is 413 g/mol. The van der Waals surface area contributed by atoms with E-state index in [2.05, 4.69) is 0 Å². The maximum Gasteiger partial charge on any atom is 0.293 e. The number of rotatable bonds is 8. The van der Waals surface area contributed by atoms with Gasteiger partial charge in [-0.05, 0) is 48.0 Å². The second kappa shape index (κ2) is 9.62. The summed E-state index contributed by atoms with van der Waals surface area (Å²) in [5.74, 6) is 0.860. The van der Waals surface area contributed by atoms with Crippen LogP contribution < -0.4 is 9.47 Å². The second-order valence-corrected chi connectivity index (χ2v) is 7.50. The number of carbonyl (C=O) groups is 2. The van der Waals surface area contributed by atoms with Gasteiger partial charge in [-0.15, -0.1) is 0 Å². The number of aryl methyl sites for hydroxylation is 1. The zero-order chi connectivity index (χ0) is 20.8. The van der Waals surface area contributed by atoms with E-state index in [-0.39, 0.29) is 17.7 Å². The van der Waals surface area contributed by atoms with Crippen LogP contribution in [0.25, 0.3) is 6.08 Å². The Hall–Kier alpha value is -2.77. The smallest absolute Gasteiger partial charge is 0.293 e. The van der Waals surface area contributed by atoms with Gasteiger partial charge in [0.2, 0.25) is 0 Å². The summed E-state index contributed by atoms with van der Waals surface area (Å²) in [5, 5.41) is -0.289. The lowest BCUT2D eigenvalue weighted by Crippen LogP contribution is -2.31. The third kappa shape index (κ3) is 5.19. The van der Waals surface area contributed by atoms with Crippen LogP contribution in [-0.4, -0.2) is 43.4 Å². The molecule has 7 heteroatoms. The molecule has 3 rings (SSSR count). The lowest BCUT2D eigenvalue weighted by molar-refractivity contribution is -0.123. The second-order valence-electron chi connectivity index (χ2n) is 6.51. The molecule has 0 bridgehead atoms. The number of methoxy groups -OCH3 is 2. The first-order valence-corrected chi connectivity index (χ1v) is 9.94. The molecule has 2 aromatic carbocycles. The lowest BCUT2D eigenvalue weighted by atomic mass is 10.1. The largest absolute Gasteiger partial charge is 0.493 e. The van der Waals surface area contributed by atoms with Crippen LogP contribution in [0.4, 0.5) is 4.79 Å². The van der Waals surface area contributed by atoms with Crippen LogP contribution in [0.5, 0.6) is 11.5 Å². The molecular formula is C22H23NO5S. The Balaban J connectivity index is 1.73. The summed E-state index contributed by atoms with van der Waals surface area (Å²) in [6.07, 6.45) is 1.68. The van der Waals surface area contributed by atoms with E-state index in [1.54, 1.807) is 25.3 Å². The summed E-state index contributed by atoms with van der Waals surface area (Å²) in [7, 11) is 3.10. The van der Waals surface area contributed by atoms with Gasteiger partial charge in [-0.1, -0.05) is 35.9 Å². The standard InChI is InChI=1S/C22H23NO5S/c1-15-4-6-16(7-5-15)14-28-18-9-8-17(12-19(18)27-3)13-20-21(24)23(10-11-26-2)22(25)29-20/h4-9,12-13H,10-11,14H2,1-3H3/b20-13+. The van der Waals surface area contributed by atoms with E-state index >= 15 is 0 Å². The van der Waals surface area contributed by atoms with E-state index in [1.165, 1.54) is 17.6 Å². The van der Waals surface area contributed by atoms with Gasteiger partial charge in [0.05, 0.1) is 25.2 Å². The van der Waals surface area contributed by atoms with E-state index < -0.39 is 0 Å². The van der Waals surface area contributed by atoms with Crippen molar-refractivity contribution in [3.8, 4) is 11.5 Å². The molecule has 1 saturated heterocycles. The molecule has 0 radical (unpaired) electrons. The average Bonchev–Trinajstić information content (AvgIpc) is 2.99. The molecule has 0 aromatic heterocycles. The first-order chi connectivity index (χ1) is 14.0. The molecule has 152 valence electrons. The maximum absolute atomic E-state index is 12.4. The van der Waals surface area contributed by atoms with Crippen LogP contribution in [0.15, 0.2) is 47.4 Å². The number of carbonyl (C=O) groups excluding carboxylic acids is 2. The predicted molar refractivity (Wildman–Crippen MR) is 113 cm³/mol. The molecule has 0 spiro atoms. The summed E-state index contributed by atoms with van der Waals surface area (Å²) >= 11 is 0.924. The van der Waals surface area contributed by atoms with Crippen LogP contribution >= 0.6 is 11.8 Å². The molecule has 29 heavy (non-hydrogen) atoms. The zero-order valence-corrected chi connectivity index (χ0v) is 17.5. The van der Waals surface area contributed by atoms with Gasteiger partial charge in [0.25, 0.3) is 11.1 Å². The zero-order valence-electron chi connectivity index (χ0n) is 16.6. The molecule has 0 unspecified atom stereocenters. The van der Waals surface area contributed by atoms with E-state index in [4.69, 9.17) is 14.2 Å². The summed E-state index contributed by atoms with van der Waals surface area (Å²) < 4.78 is 16.3. The first-order valence-electron chi connectivity index (χ1n) is 9.12. The van der Waals surface area contributed by atoms with Crippen molar-refractivity contribution in [2.75, 3.05) is 27.4 Å². The van der Waals surface area contributed by atoms with E-state index in [1.807, 2.05) is 37.3 Å². The molecule has 1 aliphatic rings. The monoisotopic (exact) mass is 413 g/mol. The number of hydrogen-bond donors (Lipinski definition) is 0. The highest BCUT2D eigenvalue weighted by atomic mass is 32.2. The Bertz CT molecular complexity index is 923.